The van der Waals surface area contributed by atoms with E-state index in [-0.39, 0.29) is 11.3 Å². The second-order valence-corrected chi connectivity index (χ2v) is 4.12. The van der Waals surface area contributed by atoms with Gasteiger partial charge in [0.2, 0.25) is 0 Å². The standard InChI is InChI=1S/C9H10O4S/c1-2-9(10)13-14(11,12)8-6-4-3-5-7-8/h3-7H,2H2,1H3. The average Bonchev–Trinajstić information content (AvgIpc) is 2.18. The number of carbonyl (C=O) groups excluding carboxylic acids is 1. The van der Waals surface area contributed by atoms with Gasteiger partial charge < -0.3 is 4.18 Å². The van der Waals surface area contributed by atoms with Crippen LogP contribution in [0.3, 0.4) is 0 Å². The Morgan fingerprint density at radius 1 is 1.29 bits per heavy atom. The van der Waals surface area contributed by atoms with Gasteiger partial charge in [0.1, 0.15) is 4.90 Å². The van der Waals surface area contributed by atoms with E-state index in [0.29, 0.717) is 0 Å². The molecule has 5 heteroatoms. The van der Waals surface area contributed by atoms with Crippen molar-refractivity contribution in [2.75, 3.05) is 0 Å². The predicted molar refractivity (Wildman–Crippen MR) is 50.0 cm³/mol. The number of hydrogen-bond donors (Lipinski definition) is 0. The minimum atomic E-state index is -3.92. The van der Waals surface area contributed by atoms with Crippen molar-refractivity contribution < 1.29 is 17.4 Å². The molecule has 0 heterocycles. The van der Waals surface area contributed by atoms with Gasteiger partial charge in [-0.3, -0.25) is 4.79 Å². The molecule has 0 bridgehead atoms. The molecule has 0 unspecified atom stereocenters. The molecule has 0 spiro atoms. The fourth-order valence-electron chi connectivity index (χ4n) is 0.817. The fourth-order valence-corrected chi connectivity index (χ4v) is 1.77. The van der Waals surface area contributed by atoms with Crippen LogP contribution in [-0.4, -0.2) is 14.4 Å². The van der Waals surface area contributed by atoms with Gasteiger partial charge in [-0.05, 0) is 12.1 Å². The summed E-state index contributed by atoms with van der Waals surface area (Å²) in [5.74, 6) is -0.756. The molecule has 0 saturated heterocycles. The SMILES string of the molecule is CCC(=O)OS(=O)(=O)c1ccccc1. The lowest BCUT2D eigenvalue weighted by Crippen LogP contribution is -2.11. The Balaban J connectivity index is 2.93. The highest BCUT2D eigenvalue weighted by atomic mass is 32.2. The second kappa shape index (κ2) is 4.23. The first-order valence-corrected chi connectivity index (χ1v) is 5.49. The maximum Gasteiger partial charge on any atom is 0.341 e. The quantitative estimate of drug-likeness (QED) is 0.712. The van der Waals surface area contributed by atoms with Crippen LogP contribution in [0, 0.1) is 0 Å². The van der Waals surface area contributed by atoms with Crippen molar-refractivity contribution in [1.29, 1.82) is 0 Å². The summed E-state index contributed by atoms with van der Waals surface area (Å²) in [6, 6.07) is 7.55. The molecule has 1 aromatic rings. The topological polar surface area (TPSA) is 60.4 Å². The third-order valence-corrected chi connectivity index (χ3v) is 2.78. The highest BCUT2D eigenvalue weighted by molar-refractivity contribution is 7.87. The van der Waals surface area contributed by atoms with E-state index in [1.165, 1.54) is 19.1 Å². The Morgan fingerprint density at radius 2 is 1.86 bits per heavy atom. The molecule has 0 aliphatic rings. The van der Waals surface area contributed by atoms with Crippen LogP contribution in [0.2, 0.25) is 0 Å². The summed E-state index contributed by atoms with van der Waals surface area (Å²) in [5, 5.41) is 0. The van der Waals surface area contributed by atoms with Gasteiger partial charge in [-0.15, -0.1) is 0 Å². The summed E-state index contributed by atoms with van der Waals surface area (Å²) in [5.41, 5.74) is 0. The van der Waals surface area contributed by atoms with Crippen LogP contribution < -0.4 is 0 Å². The first-order chi connectivity index (χ1) is 6.56. The van der Waals surface area contributed by atoms with E-state index in [1.54, 1.807) is 18.2 Å². The minimum Gasteiger partial charge on any atom is -0.342 e. The molecule has 0 atom stereocenters. The zero-order valence-corrected chi connectivity index (χ0v) is 8.45. The summed E-state index contributed by atoms with van der Waals surface area (Å²) in [6.45, 7) is 1.53. The van der Waals surface area contributed by atoms with Gasteiger partial charge in [0.25, 0.3) is 0 Å². The van der Waals surface area contributed by atoms with E-state index in [2.05, 4.69) is 4.18 Å². The van der Waals surface area contributed by atoms with Gasteiger partial charge in [-0.2, -0.15) is 8.42 Å². The van der Waals surface area contributed by atoms with Gasteiger partial charge in [-0.1, -0.05) is 25.1 Å². The predicted octanol–water partition coefficient (Wildman–Crippen LogP) is 1.33. The summed E-state index contributed by atoms with van der Waals surface area (Å²) in [6.07, 6.45) is 0.0338. The molecule has 4 nitrogen and oxygen atoms in total. The molecule has 0 saturated carbocycles. The zero-order chi connectivity index (χ0) is 10.6. The highest BCUT2D eigenvalue weighted by Crippen LogP contribution is 2.11. The maximum atomic E-state index is 11.4. The van der Waals surface area contributed by atoms with Gasteiger partial charge in [-0.25, -0.2) is 0 Å². The minimum absolute atomic E-state index is 0.0122. The zero-order valence-electron chi connectivity index (χ0n) is 7.64. The van der Waals surface area contributed by atoms with E-state index in [1.807, 2.05) is 0 Å². The molecule has 0 amide bonds. The molecule has 1 aromatic carbocycles. The maximum absolute atomic E-state index is 11.4. The van der Waals surface area contributed by atoms with Gasteiger partial charge in [0.05, 0.1) is 0 Å². The molecule has 14 heavy (non-hydrogen) atoms. The summed E-state index contributed by atoms with van der Waals surface area (Å²) < 4.78 is 27.0. The first-order valence-electron chi connectivity index (χ1n) is 4.08. The molecular weight excluding hydrogens is 204 g/mol. The van der Waals surface area contributed by atoms with Crippen molar-refractivity contribution >= 4 is 16.1 Å². The Kier molecular flexibility index (Phi) is 3.24. The van der Waals surface area contributed by atoms with E-state index in [0.717, 1.165) is 0 Å². The van der Waals surface area contributed by atoms with Crippen LogP contribution in [0.4, 0.5) is 0 Å². The van der Waals surface area contributed by atoms with Crippen LogP contribution >= 0.6 is 0 Å². The fraction of sp³-hybridized carbons (Fsp3) is 0.222. The summed E-state index contributed by atoms with van der Waals surface area (Å²) >= 11 is 0. The number of benzene rings is 1. The average molecular weight is 214 g/mol. The Morgan fingerprint density at radius 3 is 2.36 bits per heavy atom. The lowest BCUT2D eigenvalue weighted by molar-refractivity contribution is -0.133. The van der Waals surface area contributed by atoms with E-state index >= 15 is 0 Å². The summed E-state index contributed by atoms with van der Waals surface area (Å²) in [7, 11) is -3.92. The van der Waals surface area contributed by atoms with Gasteiger partial charge in [0.15, 0.2) is 0 Å². The van der Waals surface area contributed by atoms with E-state index in [4.69, 9.17) is 0 Å². The second-order valence-electron chi connectivity index (χ2n) is 2.58. The lowest BCUT2D eigenvalue weighted by atomic mass is 10.4. The molecular formula is C9H10O4S. The lowest BCUT2D eigenvalue weighted by Gasteiger charge is -2.03. The van der Waals surface area contributed by atoms with Crippen molar-refractivity contribution in [2.45, 2.75) is 18.2 Å². The number of carbonyl (C=O) groups is 1. The third-order valence-electron chi connectivity index (χ3n) is 1.52. The van der Waals surface area contributed by atoms with Crippen LogP contribution in [0.25, 0.3) is 0 Å². The van der Waals surface area contributed by atoms with Crippen LogP contribution in [0.5, 0.6) is 0 Å². The van der Waals surface area contributed by atoms with Crippen molar-refractivity contribution in [1.82, 2.24) is 0 Å². The third kappa shape index (κ3) is 2.56. The number of rotatable bonds is 3. The normalized spacial score (nSPS) is 10.9. The summed E-state index contributed by atoms with van der Waals surface area (Å²) in [4.78, 5) is 10.8. The van der Waals surface area contributed by atoms with Crippen molar-refractivity contribution in [2.24, 2.45) is 0 Å². The Hall–Kier alpha value is -1.36. The highest BCUT2D eigenvalue weighted by Gasteiger charge is 2.17. The van der Waals surface area contributed by atoms with E-state index in [9.17, 15) is 13.2 Å². The van der Waals surface area contributed by atoms with Gasteiger partial charge in [0, 0.05) is 6.42 Å². The van der Waals surface area contributed by atoms with Crippen LogP contribution in [0.15, 0.2) is 35.2 Å². The van der Waals surface area contributed by atoms with Crippen molar-refractivity contribution in [3.05, 3.63) is 30.3 Å². The van der Waals surface area contributed by atoms with Crippen molar-refractivity contribution in [3.63, 3.8) is 0 Å². The molecule has 0 N–H and O–H groups in total. The first kappa shape index (κ1) is 10.7. The largest absolute Gasteiger partial charge is 0.342 e. The molecule has 0 aliphatic carbocycles. The smallest absolute Gasteiger partial charge is 0.341 e. The van der Waals surface area contributed by atoms with Crippen LogP contribution in [0.1, 0.15) is 13.3 Å². The van der Waals surface area contributed by atoms with Crippen molar-refractivity contribution in [3.8, 4) is 0 Å². The molecule has 0 aliphatic heterocycles. The molecule has 76 valence electrons. The van der Waals surface area contributed by atoms with Gasteiger partial charge >= 0.3 is 16.1 Å². The molecule has 0 radical (unpaired) electrons. The Bertz CT molecular complexity index is 408. The molecule has 1 rings (SSSR count). The molecule has 0 aromatic heterocycles. The number of hydrogen-bond acceptors (Lipinski definition) is 4. The Labute approximate surface area is 82.6 Å². The van der Waals surface area contributed by atoms with Crippen LogP contribution in [-0.2, 0) is 19.1 Å². The monoisotopic (exact) mass is 214 g/mol. The molecule has 0 fully saturated rings. The van der Waals surface area contributed by atoms with E-state index < -0.39 is 16.1 Å².